The number of para-hydroxylation sites is 1. The molecule has 0 aliphatic carbocycles. The van der Waals surface area contributed by atoms with Crippen LogP contribution in [0.1, 0.15) is 13.3 Å². The Kier molecular flexibility index (Phi) is 3.62. The van der Waals surface area contributed by atoms with Crippen molar-refractivity contribution in [1.29, 1.82) is 0 Å². The molecule has 1 fully saturated rings. The summed E-state index contributed by atoms with van der Waals surface area (Å²) in [5, 5.41) is 0. The van der Waals surface area contributed by atoms with Crippen LogP contribution in [0.3, 0.4) is 0 Å². The molecule has 81 valence electrons. The molecule has 2 nitrogen and oxygen atoms in total. The van der Waals surface area contributed by atoms with Gasteiger partial charge in [0.2, 0.25) is 0 Å². The van der Waals surface area contributed by atoms with Gasteiger partial charge in [0.05, 0.1) is 0 Å². The van der Waals surface area contributed by atoms with Gasteiger partial charge in [-0.15, -0.1) is 0 Å². The highest BCUT2D eigenvalue weighted by Crippen LogP contribution is 2.15. The van der Waals surface area contributed by atoms with Gasteiger partial charge >= 0.3 is 0 Å². The fourth-order valence-corrected chi connectivity index (χ4v) is 2.06. The zero-order valence-corrected chi connectivity index (χ0v) is 9.39. The molecule has 1 aliphatic rings. The minimum atomic E-state index is 1.14. The van der Waals surface area contributed by atoms with E-state index in [4.69, 9.17) is 0 Å². The largest absolute Gasteiger partial charge is 0.369 e. The van der Waals surface area contributed by atoms with Gasteiger partial charge in [-0.2, -0.15) is 0 Å². The zero-order chi connectivity index (χ0) is 10.5. The van der Waals surface area contributed by atoms with E-state index in [0.717, 1.165) is 32.6 Å². The average Bonchev–Trinajstić information content (AvgIpc) is 2.32. The van der Waals surface area contributed by atoms with E-state index in [2.05, 4.69) is 53.6 Å². The fraction of sp³-hybridized carbons (Fsp3) is 0.462. The molecule has 15 heavy (non-hydrogen) atoms. The van der Waals surface area contributed by atoms with Gasteiger partial charge < -0.3 is 4.90 Å². The Morgan fingerprint density at radius 3 is 2.33 bits per heavy atom. The second-order valence-corrected chi connectivity index (χ2v) is 3.95. The maximum Gasteiger partial charge on any atom is 0.0367 e. The van der Waals surface area contributed by atoms with Crippen LogP contribution < -0.4 is 4.90 Å². The molecule has 2 heteroatoms. The van der Waals surface area contributed by atoms with E-state index in [0.29, 0.717) is 0 Å². The van der Waals surface area contributed by atoms with E-state index in [9.17, 15) is 0 Å². The maximum atomic E-state index is 2.46. The molecule has 0 spiro atoms. The van der Waals surface area contributed by atoms with Gasteiger partial charge in [-0.25, -0.2) is 0 Å². The molecule has 0 N–H and O–H groups in total. The molecule has 0 amide bonds. The summed E-state index contributed by atoms with van der Waals surface area (Å²) in [5.41, 5.74) is 1.36. The van der Waals surface area contributed by atoms with Crippen LogP contribution >= 0.6 is 0 Å². The summed E-state index contributed by atoms with van der Waals surface area (Å²) in [5.74, 6) is 0. The molecule has 0 unspecified atom stereocenters. The number of hydrogen-bond donors (Lipinski definition) is 0. The minimum absolute atomic E-state index is 1.14. The van der Waals surface area contributed by atoms with Crippen molar-refractivity contribution >= 4 is 5.69 Å². The van der Waals surface area contributed by atoms with Gasteiger partial charge in [0.15, 0.2) is 0 Å². The molecule has 0 atom stereocenters. The van der Waals surface area contributed by atoms with Crippen molar-refractivity contribution in [2.24, 2.45) is 0 Å². The SMILES string of the molecule is CC[CH]N1CCN(c2ccccc2)CC1. The molecular weight excluding hydrogens is 184 g/mol. The van der Waals surface area contributed by atoms with Gasteiger partial charge in [-0.1, -0.05) is 25.1 Å². The van der Waals surface area contributed by atoms with Crippen molar-refractivity contribution in [3.63, 3.8) is 0 Å². The highest BCUT2D eigenvalue weighted by molar-refractivity contribution is 5.46. The Balaban J connectivity index is 1.88. The predicted octanol–water partition coefficient (Wildman–Crippen LogP) is 2.38. The lowest BCUT2D eigenvalue weighted by molar-refractivity contribution is 0.306. The summed E-state index contributed by atoms with van der Waals surface area (Å²) in [4.78, 5) is 4.89. The lowest BCUT2D eigenvalue weighted by Gasteiger charge is -2.35. The topological polar surface area (TPSA) is 6.48 Å². The predicted molar refractivity (Wildman–Crippen MR) is 64.8 cm³/mol. The molecule has 2 rings (SSSR count). The summed E-state index contributed by atoms with van der Waals surface area (Å²) in [7, 11) is 0. The van der Waals surface area contributed by atoms with Crippen LogP contribution in [0.4, 0.5) is 5.69 Å². The molecule has 0 aromatic heterocycles. The van der Waals surface area contributed by atoms with Crippen LogP contribution in [0.15, 0.2) is 30.3 Å². The number of anilines is 1. The van der Waals surface area contributed by atoms with Gasteiger partial charge in [-0.05, 0) is 18.6 Å². The second kappa shape index (κ2) is 5.17. The first kappa shape index (κ1) is 10.5. The highest BCUT2D eigenvalue weighted by Gasteiger charge is 2.15. The molecular formula is C13H19N2. The first-order chi connectivity index (χ1) is 7.40. The molecule has 1 aromatic rings. The van der Waals surface area contributed by atoms with Crippen LogP contribution in [-0.4, -0.2) is 31.1 Å². The van der Waals surface area contributed by atoms with Crippen LogP contribution in [-0.2, 0) is 0 Å². The first-order valence-electron chi connectivity index (χ1n) is 5.77. The first-order valence-corrected chi connectivity index (χ1v) is 5.77. The lowest BCUT2D eigenvalue weighted by Crippen LogP contribution is -2.45. The fourth-order valence-electron chi connectivity index (χ4n) is 2.06. The summed E-state index contributed by atoms with van der Waals surface area (Å²) < 4.78 is 0. The van der Waals surface area contributed by atoms with E-state index in [1.807, 2.05) is 0 Å². The molecule has 1 saturated heterocycles. The zero-order valence-electron chi connectivity index (χ0n) is 9.39. The third kappa shape index (κ3) is 2.72. The third-order valence-corrected chi connectivity index (χ3v) is 2.88. The summed E-state index contributed by atoms with van der Waals surface area (Å²) in [6.45, 7) is 9.10. The Morgan fingerprint density at radius 1 is 1.07 bits per heavy atom. The lowest BCUT2D eigenvalue weighted by atomic mass is 10.2. The van der Waals surface area contributed by atoms with E-state index >= 15 is 0 Å². The summed E-state index contributed by atoms with van der Waals surface area (Å²) >= 11 is 0. The Bertz CT molecular complexity index is 276. The Labute approximate surface area is 92.5 Å². The second-order valence-electron chi connectivity index (χ2n) is 3.95. The van der Waals surface area contributed by atoms with Crippen molar-refractivity contribution < 1.29 is 0 Å². The molecule has 1 heterocycles. The van der Waals surface area contributed by atoms with Crippen LogP contribution in [0.2, 0.25) is 0 Å². The van der Waals surface area contributed by atoms with Gasteiger partial charge in [0.1, 0.15) is 0 Å². The van der Waals surface area contributed by atoms with Crippen LogP contribution in [0.5, 0.6) is 0 Å². The molecule has 1 aromatic carbocycles. The molecule has 1 aliphatic heterocycles. The van der Waals surface area contributed by atoms with Gasteiger partial charge in [0, 0.05) is 38.4 Å². The van der Waals surface area contributed by atoms with Crippen LogP contribution in [0, 0.1) is 6.54 Å². The van der Waals surface area contributed by atoms with E-state index in [1.54, 1.807) is 0 Å². The Hall–Kier alpha value is -1.02. The maximum absolute atomic E-state index is 2.46. The minimum Gasteiger partial charge on any atom is -0.369 e. The highest BCUT2D eigenvalue weighted by atomic mass is 15.3. The molecule has 0 saturated carbocycles. The van der Waals surface area contributed by atoms with Crippen molar-refractivity contribution in [3.8, 4) is 0 Å². The standard InChI is InChI=1S/C13H19N2/c1-2-8-14-9-11-15(12-10-14)13-6-4-3-5-7-13/h3-8H,2,9-12H2,1H3. The van der Waals surface area contributed by atoms with Crippen molar-refractivity contribution in [2.75, 3.05) is 31.1 Å². The van der Waals surface area contributed by atoms with E-state index < -0.39 is 0 Å². The summed E-state index contributed by atoms with van der Waals surface area (Å²) in [6, 6.07) is 10.7. The van der Waals surface area contributed by atoms with Crippen molar-refractivity contribution in [2.45, 2.75) is 13.3 Å². The van der Waals surface area contributed by atoms with E-state index in [1.165, 1.54) is 5.69 Å². The van der Waals surface area contributed by atoms with Gasteiger partial charge in [-0.3, -0.25) is 4.90 Å². The smallest absolute Gasteiger partial charge is 0.0367 e. The number of rotatable bonds is 3. The summed E-state index contributed by atoms with van der Waals surface area (Å²) in [6.07, 6.45) is 1.14. The monoisotopic (exact) mass is 203 g/mol. The quantitative estimate of drug-likeness (QED) is 0.744. The number of nitrogens with zero attached hydrogens (tertiary/aromatic N) is 2. The number of hydrogen-bond acceptors (Lipinski definition) is 2. The van der Waals surface area contributed by atoms with Gasteiger partial charge in [0.25, 0.3) is 0 Å². The number of benzene rings is 1. The third-order valence-electron chi connectivity index (χ3n) is 2.88. The average molecular weight is 203 g/mol. The Morgan fingerprint density at radius 2 is 1.73 bits per heavy atom. The normalized spacial score (nSPS) is 18.1. The van der Waals surface area contributed by atoms with Crippen molar-refractivity contribution in [3.05, 3.63) is 36.9 Å². The molecule has 0 bridgehead atoms. The van der Waals surface area contributed by atoms with E-state index in [-0.39, 0.29) is 0 Å². The van der Waals surface area contributed by atoms with Crippen LogP contribution in [0.25, 0.3) is 0 Å². The molecule has 1 radical (unpaired) electrons. The number of piperazine rings is 1. The van der Waals surface area contributed by atoms with Crippen molar-refractivity contribution in [1.82, 2.24) is 4.90 Å².